The second-order valence-electron chi connectivity index (χ2n) is 6.05. The minimum atomic E-state index is 0.836. The zero-order chi connectivity index (χ0) is 16.5. The molecule has 0 atom stereocenters. The highest BCUT2D eigenvalue weighted by molar-refractivity contribution is 7.15. The van der Waals surface area contributed by atoms with E-state index < -0.39 is 0 Å². The summed E-state index contributed by atoms with van der Waals surface area (Å²) in [5.74, 6) is 1.95. The van der Waals surface area contributed by atoms with Crippen LogP contribution < -0.4 is 10.1 Å². The summed E-state index contributed by atoms with van der Waals surface area (Å²) in [5.41, 5.74) is 3.40. The van der Waals surface area contributed by atoms with Crippen LogP contribution in [0.25, 0.3) is 16.3 Å². The lowest BCUT2D eigenvalue weighted by Gasteiger charge is -2.12. The van der Waals surface area contributed by atoms with E-state index in [2.05, 4.69) is 30.4 Å². The molecule has 0 unspecified atom stereocenters. The summed E-state index contributed by atoms with van der Waals surface area (Å²) in [6.45, 7) is 3.12. The van der Waals surface area contributed by atoms with Crippen molar-refractivity contribution in [1.82, 2.24) is 9.78 Å². The quantitative estimate of drug-likeness (QED) is 0.754. The molecule has 24 heavy (non-hydrogen) atoms. The van der Waals surface area contributed by atoms with Crippen LogP contribution in [0.1, 0.15) is 23.3 Å². The molecule has 0 amide bonds. The molecule has 0 saturated carbocycles. The first-order valence-electron chi connectivity index (χ1n) is 8.34. The molecule has 0 aliphatic carbocycles. The summed E-state index contributed by atoms with van der Waals surface area (Å²) in [6.07, 6.45) is 3.43. The Balaban J connectivity index is 1.93. The van der Waals surface area contributed by atoms with Crippen molar-refractivity contribution in [2.45, 2.75) is 26.2 Å². The Morgan fingerprint density at radius 2 is 2.04 bits per heavy atom. The molecule has 2 aromatic heterocycles. The summed E-state index contributed by atoms with van der Waals surface area (Å²) in [6, 6.07) is 12.4. The molecule has 0 radical (unpaired) electrons. The van der Waals surface area contributed by atoms with Gasteiger partial charge in [-0.25, -0.2) is 4.68 Å². The lowest BCUT2D eigenvalue weighted by atomic mass is 10.1. The van der Waals surface area contributed by atoms with E-state index in [-0.39, 0.29) is 0 Å². The second kappa shape index (κ2) is 6.32. The fraction of sp³-hybridized carbons (Fsp3) is 0.316. The molecule has 4 nitrogen and oxygen atoms in total. The van der Waals surface area contributed by atoms with Crippen molar-refractivity contribution in [2.24, 2.45) is 0 Å². The molecule has 1 aliphatic heterocycles. The van der Waals surface area contributed by atoms with Gasteiger partial charge in [0.25, 0.3) is 0 Å². The van der Waals surface area contributed by atoms with Crippen molar-refractivity contribution in [1.29, 1.82) is 0 Å². The topological polar surface area (TPSA) is 39.1 Å². The Labute approximate surface area is 146 Å². The number of anilines is 1. The maximum atomic E-state index is 5.56. The molecule has 0 spiro atoms. The minimum absolute atomic E-state index is 0.836. The van der Waals surface area contributed by atoms with Gasteiger partial charge in [-0.1, -0.05) is 12.1 Å². The van der Waals surface area contributed by atoms with Crippen molar-refractivity contribution in [2.75, 3.05) is 19.0 Å². The van der Waals surface area contributed by atoms with Gasteiger partial charge < -0.3 is 10.1 Å². The van der Waals surface area contributed by atoms with E-state index in [1.165, 1.54) is 28.2 Å². The van der Waals surface area contributed by atoms with E-state index in [1.54, 1.807) is 18.4 Å². The normalized spacial score (nSPS) is 13.9. The second-order valence-corrected chi connectivity index (χ2v) is 7.34. The molecule has 5 heteroatoms. The number of nitrogens with one attached hydrogen (secondary N) is 1. The molecule has 0 fully saturated rings. The number of methoxy groups -OCH3 is 1. The molecule has 1 N–H and O–H groups in total. The van der Waals surface area contributed by atoms with Crippen molar-refractivity contribution >= 4 is 17.2 Å². The maximum absolute atomic E-state index is 5.56. The first-order chi connectivity index (χ1) is 11.8. The molecule has 3 heterocycles. The minimum Gasteiger partial charge on any atom is -0.494 e. The number of ether oxygens (including phenoxy) is 1. The Bertz CT molecular complexity index is 865. The smallest absolute Gasteiger partial charge is 0.144 e. The van der Waals surface area contributed by atoms with Gasteiger partial charge in [0.1, 0.15) is 22.9 Å². The van der Waals surface area contributed by atoms with E-state index in [0.29, 0.717) is 0 Å². The first kappa shape index (κ1) is 15.3. The molecule has 1 aliphatic rings. The van der Waals surface area contributed by atoms with Gasteiger partial charge in [-0.05, 0) is 50.5 Å². The average Bonchev–Trinajstić information content (AvgIpc) is 3.10. The standard InChI is InChI=1S/C19H21N3OS/c1-13-10-11-17(24-13)18-14-7-5-6-12-20-19(14)22(21-18)15-8-3-4-9-16(15)23-2/h3-4,8-11,20H,5-7,12H2,1-2H3. The predicted octanol–water partition coefficient (Wildman–Crippen LogP) is 4.67. The van der Waals surface area contributed by atoms with Crippen LogP contribution in [-0.4, -0.2) is 23.4 Å². The highest BCUT2D eigenvalue weighted by Gasteiger charge is 2.23. The summed E-state index contributed by atoms with van der Waals surface area (Å²) >= 11 is 1.80. The van der Waals surface area contributed by atoms with Crippen LogP contribution in [0.4, 0.5) is 5.82 Å². The molecule has 0 bridgehead atoms. The van der Waals surface area contributed by atoms with E-state index in [9.17, 15) is 0 Å². The Hall–Kier alpha value is -2.27. The largest absolute Gasteiger partial charge is 0.494 e. The molecular weight excluding hydrogens is 318 g/mol. The highest BCUT2D eigenvalue weighted by atomic mass is 32.1. The third-order valence-corrected chi connectivity index (χ3v) is 5.42. The van der Waals surface area contributed by atoms with Gasteiger partial charge in [0.2, 0.25) is 0 Å². The van der Waals surface area contributed by atoms with Crippen LogP contribution in [0.5, 0.6) is 5.75 Å². The van der Waals surface area contributed by atoms with Crippen LogP contribution in [0, 0.1) is 6.92 Å². The van der Waals surface area contributed by atoms with Crippen LogP contribution in [0.15, 0.2) is 36.4 Å². The first-order valence-corrected chi connectivity index (χ1v) is 9.15. The number of hydrogen-bond donors (Lipinski definition) is 1. The SMILES string of the molecule is COc1ccccc1-n1nc(-c2ccc(C)s2)c2c1NCCCC2. The number of aromatic nitrogens is 2. The van der Waals surface area contributed by atoms with Crippen molar-refractivity contribution in [3.05, 3.63) is 46.8 Å². The fourth-order valence-corrected chi connectivity index (χ4v) is 4.12. The van der Waals surface area contributed by atoms with E-state index in [4.69, 9.17) is 9.84 Å². The highest BCUT2D eigenvalue weighted by Crippen LogP contribution is 2.38. The number of rotatable bonds is 3. The third kappa shape index (κ3) is 2.59. The lowest BCUT2D eigenvalue weighted by molar-refractivity contribution is 0.412. The summed E-state index contributed by atoms with van der Waals surface area (Å²) in [7, 11) is 1.71. The maximum Gasteiger partial charge on any atom is 0.144 e. The van der Waals surface area contributed by atoms with E-state index >= 15 is 0 Å². The number of para-hydroxylation sites is 2. The van der Waals surface area contributed by atoms with Crippen LogP contribution >= 0.6 is 11.3 Å². The van der Waals surface area contributed by atoms with Gasteiger partial charge in [-0.2, -0.15) is 5.10 Å². The monoisotopic (exact) mass is 339 g/mol. The predicted molar refractivity (Wildman–Crippen MR) is 99.6 cm³/mol. The van der Waals surface area contributed by atoms with Crippen LogP contribution in [-0.2, 0) is 6.42 Å². The average molecular weight is 339 g/mol. The van der Waals surface area contributed by atoms with Gasteiger partial charge in [0.15, 0.2) is 0 Å². The number of hydrogen-bond acceptors (Lipinski definition) is 4. The molecule has 124 valence electrons. The summed E-state index contributed by atoms with van der Waals surface area (Å²) < 4.78 is 7.57. The van der Waals surface area contributed by atoms with Crippen molar-refractivity contribution in [3.63, 3.8) is 0 Å². The lowest BCUT2D eigenvalue weighted by Crippen LogP contribution is -2.08. The zero-order valence-corrected chi connectivity index (χ0v) is 14.8. The van der Waals surface area contributed by atoms with Crippen LogP contribution in [0.3, 0.4) is 0 Å². The molecule has 4 rings (SSSR count). The van der Waals surface area contributed by atoms with Gasteiger partial charge in [-0.15, -0.1) is 11.3 Å². The van der Waals surface area contributed by atoms with Gasteiger partial charge in [-0.3, -0.25) is 0 Å². The van der Waals surface area contributed by atoms with Gasteiger partial charge in [0.05, 0.1) is 12.0 Å². The number of nitrogens with zero attached hydrogens (tertiary/aromatic N) is 2. The Kier molecular flexibility index (Phi) is 4.02. The van der Waals surface area contributed by atoms with Crippen molar-refractivity contribution < 1.29 is 4.74 Å². The molecule has 3 aromatic rings. The number of aryl methyl sites for hydroxylation is 1. The molecule has 1 aromatic carbocycles. The van der Waals surface area contributed by atoms with Gasteiger partial charge in [0, 0.05) is 17.0 Å². The summed E-state index contributed by atoms with van der Waals surface area (Å²) in [4.78, 5) is 2.55. The Morgan fingerprint density at radius 3 is 2.83 bits per heavy atom. The number of fused-ring (bicyclic) bond motifs is 1. The summed E-state index contributed by atoms with van der Waals surface area (Å²) in [5, 5.41) is 8.57. The number of thiophene rings is 1. The third-order valence-electron chi connectivity index (χ3n) is 4.42. The number of benzene rings is 1. The van der Waals surface area contributed by atoms with E-state index in [0.717, 1.165) is 35.9 Å². The van der Waals surface area contributed by atoms with E-state index in [1.807, 2.05) is 22.9 Å². The molecule has 0 saturated heterocycles. The van der Waals surface area contributed by atoms with Gasteiger partial charge >= 0.3 is 0 Å². The Morgan fingerprint density at radius 1 is 1.17 bits per heavy atom. The van der Waals surface area contributed by atoms with Crippen molar-refractivity contribution in [3.8, 4) is 22.0 Å². The van der Waals surface area contributed by atoms with Crippen LogP contribution in [0.2, 0.25) is 0 Å². The fourth-order valence-electron chi connectivity index (χ4n) is 3.24. The zero-order valence-electron chi connectivity index (χ0n) is 14.0. The molecular formula is C19H21N3OS.